The summed E-state index contributed by atoms with van der Waals surface area (Å²) in [5.74, 6) is -2.80. The summed E-state index contributed by atoms with van der Waals surface area (Å²) in [6.07, 6.45) is 0.560. The number of halogens is 1. The van der Waals surface area contributed by atoms with E-state index in [0.29, 0.717) is 5.69 Å². The molecule has 19 heavy (non-hydrogen) atoms. The van der Waals surface area contributed by atoms with E-state index in [4.69, 9.17) is 5.11 Å². The standard InChI is InChI=1S/C10H8FN5O3/c11-7-2-1-6(16-5-12-14-15-16)3-8(7)13-9(17)4-10(18)19/h1-3,5H,4H2,(H,13,17)(H,18,19). The van der Waals surface area contributed by atoms with Crippen molar-refractivity contribution in [1.29, 1.82) is 0 Å². The van der Waals surface area contributed by atoms with E-state index >= 15 is 0 Å². The lowest BCUT2D eigenvalue weighted by Crippen LogP contribution is -2.17. The van der Waals surface area contributed by atoms with E-state index in [1.54, 1.807) is 0 Å². The molecule has 1 aromatic carbocycles. The molecule has 0 aliphatic carbocycles. The van der Waals surface area contributed by atoms with Gasteiger partial charge in [0.15, 0.2) is 0 Å². The quantitative estimate of drug-likeness (QED) is 0.765. The van der Waals surface area contributed by atoms with Crippen LogP contribution in [0.25, 0.3) is 5.69 Å². The molecule has 2 aromatic rings. The van der Waals surface area contributed by atoms with E-state index < -0.39 is 24.1 Å². The number of aliphatic carboxylic acids is 1. The predicted molar refractivity (Wildman–Crippen MR) is 60.0 cm³/mol. The number of amides is 1. The second kappa shape index (κ2) is 5.21. The van der Waals surface area contributed by atoms with Crippen molar-refractivity contribution < 1.29 is 19.1 Å². The molecule has 1 heterocycles. The Kier molecular flexibility index (Phi) is 3.46. The fourth-order valence-electron chi connectivity index (χ4n) is 1.36. The van der Waals surface area contributed by atoms with Gasteiger partial charge in [0.2, 0.25) is 5.91 Å². The molecule has 0 spiro atoms. The molecule has 2 N–H and O–H groups in total. The summed E-state index contributed by atoms with van der Waals surface area (Å²) < 4.78 is 14.8. The Bertz CT molecular complexity index is 614. The topological polar surface area (TPSA) is 110 Å². The van der Waals surface area contributed by atoms with Crippen molar-refractivity contribution in [3.8, 4) is 5.69 Å². The highest BCUT2D eigenvalue weighted by Gasteiger charge is 2.12. The van der Waals surface area contributed by atoms with Crippen molar-refractivity contribution >= 4 is 17.6 Å². The van der Waals surface area contributed by atoms with Crippen LogP contribution >= 0.6 is 0 Å². The highest BCUT2D eigenvalue weighted by Crippen LogP contribution is 2.18. The van der Waals surface area contributed by atoms with E-state index in [-0.39, 0.29) is 5.69 Å². The normalized spacial score (nSPS) is 10.2. The summed E-state index contributed by atoms with van der Waals surface area (Å²) in [7, 11) is 0. The van der Waals surface area contributed by atoms with E-state index in [1.165, 1.54) is 23.1 Å². The van der Waals surface area contributed by atoms with Gasteiger partial charge in [0.25, 0.3) is 0 Å². The lowest BCUT2D eigenvalue weighted by Gasteiger charge is -2.07. The fraction of sp³-hybridized carbons (Fsp3) is 0.100. The van der Waals surface area contributed by atoms with E-state index in [9.17, 15) is 14.0 Å². The van der Waals surface area contributed by atoms with Crippen molar-refractivity contribution in [1.82, 2.24) is 20.2 Å². The van der Waals surface area contributed by atoms with Crippen molar-refractivity contribution in [2.45, 2.75) is 6.42 Å². The number of nitrogens with zero attached hydrogens (tertiary/aromatic N) is 4. The number of carboxylic acids is 1. The number of carbonyl (C=O) groups excluding carboxylic acids is 1. The maximum absolute atomic E-state index is 13.5. The van der Waals surface area contributed by atoms with Gasteiger partial charge in [-0.1, -0.05) is 0 Å². The number of benzene rings is 1. The molecule has 0 bridgehead atoms. The zero-order valence-electron chi connectivity index (χ0n) is 9.45. The van der Waals surface area contributed by atoms with Crippen LogP contribution in [0, 0.1) is 5.82 Å². The van der Waals surface area contributed by atoms with Crippen molar-refractivity contribution in [2.24, 2.45) is 0 Å². The number of anilines is 1. The van der Waals surface area contributed by atoms with Crippen LogP contribution < -0.4 is 5.32 Å². The molecule has 1 aromatic heterocycles. The number of carboxylic acid groups (broad SMARTS) is 1. The Balaban J connectivity index is 2.23. The summed E-state index contributed by atoms with van der Waals surface area (Å²) in [6.45, 7) is 0. The predicted octanol–water partition coefficient (Wildman–Crippen LogP) is 0.215. The van der Waals surface area contributed by atoms with Crippen molar-refractivity contribution in [3.05, 3.63) is 30.3 Å². The number of nitrogens with one attached hydrogen (secondary N) is 1. The van der Waals surface area contributed by atoms with Crippen LogP contribution in [0.4, 0.5) is 10.1 Å². The smallest absolute Gasteiger partial charge is 0.312 e. The lowest BCUT2D eigenvalue weighted by molar-refractivity contribution is -0.139. The molecule has 0 fully saturated rings. The Hall–Kier alpha value is -2.84. The van der Waals surface area contributed by atoms with Gasteiger partial charge in [-0.25, -0.2) is 9.07 Å². The Morgan fingerprint density at radius 3 is 2.84 bits per heavy atom. The van der Waals surface area contributed by atoms with Crippen LogP contribution in [0.3, 0.4) is 0 Å². The molecule has 98 valence electrons. The second-order valence-corrected chi connectivity index (χ2v) is 3.54. The lowest BCUT2D eigenvalue weighted by atomic mass is 10.2. The largest absolute Gasteiger partial charge is 0.481 e. The van der Waals surface area contributed by atoms with Gasteiger partial charge in [-0.3, -0.25) is 9.59 Å². The molecular formula is C10H8FN5O3. The summed E-state index contributed by atoms with van der Waals surface area (Å²) in [6, 6.07) is 3.83. The molecule has 0 saturated carbocycles. The molecule has 0 aliphatic rings. The molecular weight excluding hydrogens is 257 g/mol. The molecule has 2 rings (SSSR count). The maximum Gasteiger partial charge on any atom is 0.312 e. The first-order valence-corrected chi connectivity index (χ1v) is 5.11. The van der Waals surface area contributed by atoms with Gasteiger partial charge in [-0.2, -0.15) is 0 Å². The van der Waals surface area contributed by atoms with Crippen LogP contribution in [0.2, 0.25) is 0 Å². The minimum Gasteiger partial charge on any atom is -0.481 e. The molecule has 8 nitrogen and oxygen atoms in total. The first-order valence-electron chi connectivity index (χ1n) is 5.11. The third-order valence-electron chi connectivity index (χ3n) is 2.15. The highest BCUT2D eigenvalue weighted by molar-refractivity contribution is 6.01. The molecule has 1 amide bonds. The van der Waals surface area contributed by atoms with Crippen LogP contribution in [-0.4, -0.2) is 37.2 Å². The zero-order chi connectivity index (χ0) is 13.8. The molecule has 0 atom stereocenters. The van der Waals surface area contributed by atoms with E-state index in [0.717, 1.165) is 6.07 Å². The van der Waals surface area contributed by atoms with Gasteiger partial charge in [-0.05, 0) is 28.6 Å². The first kappa shape index (κ1) is 12.6. The number of aromatic nitrogens is 4. The monoisotopic (exact) mass is 265 g/mol. The van der Waals surface area contributed by atoms with Crippen LogP contribution in [0.1, 0.15) is 6.42 Å². The molecule has 0 aliphatic heterocycles. The number of hydrogen-bond donors (Lipinski definition) is 2. The van der Waals surface area contributed by atoms with E-state index in [2.05, 4.69) is 20.8 Å². The summed E-state index contributed by atoms with van der Waals surface area (Å²) in [5.41, 5.74) is 0.288. The fourth-order valence-corrected chi connectivity index (χ4v) is 1.36. The van der Waals surface area contributed by atoms with Gasteiger partial charge in [-0.15, -0.1) is 5.10 Å². The van der Waals surface area contributed by atoms with E-state index in [1.807, 2.05) is 0 Å². The molecule has 0 saturated heterocycles. The summed E-state index contributed by atoms with van der Waals surface area (Å²) in [5, 5.41) is 21.1. The maximum atomic E-state index is 13.5. The van der Waals surface area contributed by atoms with Crippen LogP contribution in [0.5, 0.6) is 0 Å². The Morgan fingerprint density at radius 1 is 1.42 bits per heavy atom. The van der Waals surface area contributed by atoms with Gasteiger partial charge >= 0.3 is 5.97 Å². The number of hydrogen-bond acceptors (Lipinski definition) is 5. The highest BCUT2D eigenvalue weighted by atomic mass is 19.1. The zero-order valence-corrected chi connectivity index (χ0v) is 9.45. The third kappa shape index (κ3) is 3.09. The van der Waals surface area contributed by atoms with Gasteiger partial charge in [0, 0.05) is 0 Å². The third-order valence-corrected chi connectivity index (χ3v) is 2.15. The number of carbonyl (C=O) groups is 2. The second-order valence-electron chi connectivity index (χ2n) is 3.54. The summed E-state index contributed by atoms with van der Waals surface area (Å²) >= 11 is 0. The number of rotatable bonds is 4. The minimum absolute atomic E-state index is 0.140. The number of tetrazole rings is 1. The average Bonchev–Trinajstić information content (AvgIpc) is 2.84. The van der Waals surface area contributed by atoms with Crippen LogP contribution in [-0.2, 0) is 9.59 Å². The average molecular weight is 265 g/mol. The molecule has 0 unspecified atom stereocenters. The summed E-state index contributed by atoms with van der Waals surface area (Å²) in [4.78, 5) is 21.6. The van der Waals surface area contributed by atoms with Crippen molar-refractivity contribution in [3.63, 3.8) is 0 Å². The Labute approximate surface area is 105 Å². The van der Waals surface area contributed by atoms with Gasteiger partial charge in [0.1, 0.15) is 18.6 Å². The minimum atomic E-state index is -1.30. The van der Waals surface area contributed by atoms with Gasteiger partial charge < -0.3 is 10.4 Å². The first-order chi connectivity index (χ1) is 9.06. The SMILES string of the molecule is O=C(O)CC(=O)Nc1cc(-n2cnnn2)ccc1F. The Morgan fingerprint density at radius 2 is 2.21 bits per heavy atom. The van der Waals surface area contributed by atoms with Gasteiger partial charge in [0.05, 0.1) is 11.4 Å². The van der Waals surface area contributed by atoms with Crippen LogP contribution in [0.15, 0.2) is 24.5 Å². The molecule has 0 radical (unpaired) electrons. The molecule has 9 heteroatoms. The van der Waals surface area contributed by atoms with Crippen molar-refractivity contribution in [2.75, 3.05) is 5.32 Å².